The summed E-state index contributed by atoms with van der Waals surface area (Å²) in [5, 5.41) is 12.1. The molecule has 1 aromatic carbocycles. The smallest absolute Gasteiger partial charge is 0.336 e. The fourth-order valence-corrected chi connectivity index (χ4v) is 2.39. The largest absolute Gasteiger partial charge is 0.489 e. The molecule has 5 nitrogen and oxygen atoms in total. The third kappa shape index (κ3) is 2.51. The number of amides is 1. The summed E-state index contributed by atoms with van der Waals surface area (Å²) in [5.41, 5.74) is 0.755. The van der Waals surface area contributed by atoms with Gasteiger partial charge in [-0.05, 0) is 31.9 Å². The van der Waals surface area contributed by atoms with Crippen molar-refractivity contribution in [1.29, 1.82) is 0 Å². The van der Waals surface area contributed by atoms with Crippen molar-refractivity contribution < 1.29 is 19.4 Å². The molecule has 1 heterocycles. The van der Waals surface area contributed by atoms with Gasteiger partial charge >= 0.3 is 5.97 Å². The predicted molar refractivity (Wildman–Crippen MR) is 70.2 cm³/mol. The summed E-state index contributed by atoms with van der Waals surface area (Å²) in [6, 6.07) is 1.39. The minimum Gasteiger partial charge on any atom is -0.489 e. The number of ether oxygens (including phenoxy) is 1. The molecular weight excluding hydrogens is 270 g/mol. The van der Waals surface area contributed by atoms with Crippen molar-refractivity contribution in [3.05, 3.63) is 27.8 Å². The van der Waals surface area contributed by atoms with E-state index in [9.17, 15) is 14.7 Å². The van der Waals surface area contributed by atoms with Crippen LogP contribution < -0.4 is 10.1 Å². The Morgan fingerprint density at radius 2 is 2.21 bits per heavy atom. The lowest BCUT2D eigenvalue weighted by atomic mass is 9.94. The van der Waals surface area contributed by atoms with Crippen molar-refractivity contribution in [3.8, 4) is 5.75 Å². The van der Waals surface area contributed by atoms with E-state index in [1.54, 1.807) is 13.8 Å². The highest BCUT2D eigenvalue weighted by atomic mass is 35.5. The van der Waals surface area contributed by atoms with Crippen LogP contribution in [0.15, 0.2) is 6.07 Å². The number of nitrogens with one attached hydrogen (secondary N) is 1. The summed E-state index contributed by atoms with van der Waals surface area (Å²) in [4.78, 5) is 23.2. The van der Waals surface area contributed by atoms with Crippen LogP contribution in [0.1, 0.15) is 40.1 Å². The maximum atomic E-state index is 11.9. The molecule has 0 unspecified atom stereocenters. The molecule has 2 rings (SSSR count). The van der Waals surface area contributed by atoms with Crippen LogP contribution in [0.4, 0.5) is 0 Å². The first-order valence-corrected chi connectivity index (χ1v) is 6.33. The van der Waals surface area contributed by atoms with Gasteiger partial charge in [0.15, 0.2) is 0 Å². The second-order valence-electron chi connectivity index (χ2n) is 4.57. The first-order chi connectivity index (χ1) is 8.91. The Morgan fingerprint density at radius 3 is 2.79 bits per heavy atom. The fraction of sp³-hybridized carbons (Fsp3) is 0.385. The number of hydrogen-bond acceptors (Lipinski definition) is 3. The summed E-state index contributed by atoms with van der Waals surface area (Å²) in [5.74, 6) is -1.22. The van der Waals surface area contributed by atoms with Crippen LogP contribution in [0.25, 0.3) is 0 Å². The highest BCUT2D eigenvalue weighted by Gasteiger charge is 2.28. The molecule has 2 N–H and O–H groups in total. The molecule has 0 aliphatic carbocycles. The molecule has 102 valence electrons. The van der Waals surface area contributed by atoms with Gasteiger partial charge in [0.05, 0.1) is 22.3 Å². The van der Waals surface area contributed by atoms with Gasteiger partial charge in [-0.1, -0.05) is 11.6 Å². The summed E-state index contributed by atoms with van der Waals surface area (Å²) < 4.78 is 5.47. The summed E-state index contributed by atoms with van der Waals surface area (Å²) in [7, 11) is 0. The van der Waals surface area contributed by atoms with Crippen LogP contribution in [0.5, 0.6) is 5.75 Å². The molecule has 1 aliphatic heterocycles. The van der Waals surface area contributed by atoms with Crippen LogP contribution in [0.3, 0.4) is 0 Å². The van der Waals surface area contributed by atoms with E-state index in [4.69, 9.17) is 16.3 Å². The van der Waals surface area contributed by atoms with Crippen LogP contribution in [-0.2, 0) is 6.42 Å². The number of fused-ring (bicyclic) bond motifs is 1. The van der Waals surface area contributed by atoms with Crippen molar-refractivity contribution >= 4 is 23.5 Å². The van der Waals surface area contributed by atoms with Crippen molar-refractivity contribution in [2.45, 2.75) is 26.4 Å². The number of hydrogen-bond donors (Lipinski definition) is 2. The van der Waals surface area contributed by atoms with Gasteiger partial charge in [-0.25, -0.2) is 4.79 Å². The molecule has 0 bridgehead atoms. The molecular formula is C13H14ClNO4. The monoisotopic (exact) mass is 283 g/mol. The van der Waals surface area contributed by atoms with Crippen LogP contribution in [0, 0.1) is 0 Å². The molecule has 0 aromatic heterocycles. The molecule has 0 saturated carbocycles. The molecule has 0 atom stereocenters. The van der Waals surface area contributed by atoms with Gasteiger partial charge in [-0.2, -0.15) is 0 Å². The first kappa shape index (κ1) is 13.7. The van der Waals surface area contributed by atoms with E-state index in [1.165, 1.54) is 6.07 Å². The lowest BCUT2D eigenvalue weighted by Gasteiger charge is -2.22. The van der Waals surface area contributed by atoms with E-state index in [0.717, 1.165) is 0 Å². The van der Waals surface area contributed by atoms with Gasteiger partial charge in [0.1, 0.15) is 5.75 Å². The van der Waals surface area contributed by atoms with E-state index >= 15 is 0 Å². The van der Waals surface area contributed by atoms with Crippen molar-refractivity contribution in [1.82, 2.24) is 5.32 Å². The first-order valence-electron chi connectivity index (χ1n) is 5.95. The van der Waals surface area contributed by atoms with Gasteiger partial charge in [0.25, 0.3) is 5.91 Å². The fourth-order valence-electron chi connectivity index (χ4n) is 2.09. The van der Waals surface area contributed by atoms with E-state index in [0.29, 0.717) is 18.5 Å². The Bertz CT molecular complexity index is 554. The summed E-state index contributed by atoms with van der Waals surface area (Å²) in [6.45, 7) is 4.01. The Balaban J connectivity index is 2.66. The van der Waals surface area contributed by atoms with Gasteiger partial charge in [0.2, 0.25) is 0 Å². The molecule has 0 radical (unpaired) electrons. The van der Waals surface area contributed by atoms with E-state index < -0.39 is 5.97 Å². The zero-order chi connectivity index (χ0) is 14.2. The Hall–Kier alpha value is -1.75. The second-order valence-corrected chi connectivity index (χ2v) is 4.95. The van der Waals surface area contributed by atoms with E-state index in [1.807, 2.05) is 0 Å². The lowest BCUT2D eigenvalue weighted by Crippen LogP contribution is -2.33. The van der Waals surface area contributed by atoms with Crippen LogP contribution in [-0.4, -0.2) is 29.6 Å². The third-order valence-electron chi connectivity index (χ3n) is 2.82. The summed E-state index contributed by atoms with van der Waals surface area (Å²) >= 11 is 6.16. The van der Waals surface area contributed by atoms with Gasteiger partial charge in [-0.15, -0.1) is 0 Å². The minimum absolute atomic E-state index is 0.0740. The highest BCUT2D eigenvalue weighted by molar-refractivity contribution is 6.36. The molecule has 0 saturated heterocycles. The standard InChI is InChI=1S/C13H14ClNO4/c1-6(2)19-9-5-8(13(17)18)7-3-4-15-12(16)10(7)11(9)14/h5-6H,3-4H2,1-2H3,(H,15,16)(H,17,18). The SMILES string of the molecule is CC(C)Oc1cc(C(=O)O)c2c(c1Cl)C(=O)NCC2. The van der Waals surface area contributed by atoms with Gasteiger partial charge in [0, 0.05) is 6.54 Å². The van der Waals surface area contributed by atoms with Crippen LogP contribution >= 0.6 is 11.6 Å². The highest BCUT2D eigenvalue weighted by Crippen LogP contribution is 2.35. The van der Waals surface area contributed by atoms with E-state index in [2.05, 4.69) is 5.32 Å². The quantitative estimate of drug-likeness (QED) is 0.891. The van der Waals surface area contributed by atoms with Gasteiger partial charge < -0.3 is 15.2 Å². The number of carbonyl (C=O) groups is 2. The maximum absolute atomic E-state index is 11.9. The molecule has 1 aliphatic rings. The normalized spacial score (nSPS) is 14.0. The minimum atomic E-state index is -1.09. The summed E-state index contributed by atoms with van der Waals surface area (Å²) in [6.07, 6.45) is 0.286. The molecule has 0 spiro atoms. The predicted octanol–water partition coefficient (Wildman–Crippen LogP) is 2.11. The zero-order valence-corrected chi connectivity index (χ0v) is 11.4. The number of halogens is 1. The van der Waals surface area contributed by atoms with Crippen molar-refractivity contribution in [3.63, 3.8) is 0 Å². The Labute approximate surface area is 115 Å². The maximum Gasteiger partial charge on any atom is 0.336 e. The van der Waals surface area contributed by atoms with E-state index in [-0.39, 0.29) is 33.9 Å². The van der Waals surface area contributed by atoms with Crippen LogP contribution in [0.2, 0.25) is 5.02 Å². The number of benzene rings is 1. The zero-order valence-electron chi connectivity index (χ0n) is 10.6. The number of carboxylic acids is 1. The average molecular weight is 284 g/mol. The third-order valence-corrected chi connectivity index (χ3v) is 3.19. The topological polar surface area (TPSA) is 75.6 Å². The molecule has 0 fully saturated rings. The van der Waals surface area contributed by atoms with Crippen molar-refractivity contribution in [2.75, 3.05) is 6.54 Å². The van der Waals surface area contributed by atoms with Crippen molar-refractivity contribution in [2.24, 2.45) is 0 Å². The number of carboxylic acid groups (broad SMARTS) is 1. The number of aromatic carboxylic acids is 1. The second kappa shape index (κ2) is 5.09. The lowest BCUT2D eigenvalue weighted by molar-refractivity contribution is 0.0694. The Morgan fingerprint density at radius 1 is 1.53 bits per heavy atom. The molecule has 6 heteroatoms. The molecule has 1 aromatic rings. The van der Waals surface area contributed by atoms with Gasteiger partial charge in [-0.3, -0.25) is 4.79 Å². The average Bonchev–Trinajstić information content (AvgIpc) is 2.31. The molecule has 19 heavy (non-hydrogen) atoms. The number of carbonyl (C=O) groups excluding carboxylic acids is 1. The molecule has 1 amide bonds. The number of rotatable bonds is 3. The Kier molecular flexibility index (Phi) is 3.66.